The lowest BCUT2D eigenvalue weighted by molar-refractivity contribution is -0.123. The van der Waals surface area contributed by atoms with Gasteiger partial charge < -0.3 is 9.84 Å². The van der Waals surface area contributed by atoms with Gasteiger partial charge in [0.05, 0.1) is 30.5 Å². The van der Waals surface area contributed by atoms with Crippen LogP contribution in [0.4, 0.5) is 4.79 Å². The third-order valence-corrected chi connectivity index (χ3v) is 4.12. The second kappa shape index (κ2) is 6.98. The van der Waals surface area contributed by atoms with Gasteiger partial charge in [-0.25, -0.2) is 0 Å². The minimum atomic E-state index is -0.916. The maximum atomic E-state index is 12.1. The molecule has 1 saturated heterocycles. The molecule has 2 amide bonds. The van der Waals surface area contributed by atoms with Crippen LogP contribution in [0, 0.1) is 0 Å². The highest BCUT2D eigenvalue weighted by Crippen LogP contribution is 2.32. The van der Waals surface area contributed by atoms with Crippen LogP contribution in [0.2, 0.25) is 0 Å². The normalized spacial score (nSPS) is 18.4. The molecule has 1 N–H and O–H groups in total. The SMILES string of the molecule is COc1ccc(/C=C2/SC(=O)N(C[C@@H](O)CCl)C2=O)cc1. The number of carbonyl (C=O) groups excluding carboxylic acids is 2. The summed E-state index contributed by atoms with van der Waals surface area (Å²) in [5.41, 5.74) is 0.791. The van der Waals surface area contributed by atoms with Gasteiger partial charge in [-0.1, -0.05) is 12.1 Å². The summed E-state index contributed by atoms with van der Waals surface area (Å²) in [6, 6.07) is 7.13. The van der Waals surface area contributed by atoms with Crippen molar-refractivity contribution < 1.29 is 19.4 Å². The van der Waals surface area contributed by atoms with Gasteiger partial charge in [0.2, 0.25) is 0 Å². The maximum Gasteiger partial charge on any atom is 0.293 e. The number of carbonyl (C=O) groups is 2. The van der Waals surface area contributed by atoms with Crippen molar-refractivity contribution in [3.05, 3.63) is 34.7 Å². The van der Waals surface area contributed by atoms with E-state index >= 15 is 0 Å². The lowest BCUT2D eigenvalue weighted by Crippen LogP contribution is -2.36. The van der Waals surface area contributed by atoms with E-state index in [1.54, 1.807) is 37.5 Å². The van der Waals surface area contributed by atoms with Crippen molar-refractivity contribution in [3.63, 3.8) is 0 Å². The molecular weight excluding hydrogens is 314 g/mol. The second-order valence-corrected chi connectivity index (χ2v) is 5.68. The summed E-state index contributed by atoms with van der Waals surface area (Å²) in [6.07, 6.45) is 0.720. The molecule has 0 spiro atoms. The van der Waals surface area contributed by atoms with Crippen LogP contribution in [0.15, 0.2) is 29.2 Å². The number of alkyl halides is 1. The van der Waals surface area contributed by atoms with Gasteiger partial charge in [0.15, 0.2) is 0 Å². The van der Waals surface area contributed by atoms with E-state index in [0.717, 1.165) is 22.2 Å². The van der Waals surface area contributed by atoms with Crippen molar-refractivity contribution in [3.8, 4) is 5.75 Å². The number of hydrogen-bond donors (Lipinski definition) is 1. The standard InChI is InChI=1S/C14H14ClNO4S/c1-20-11-4-2-9(3-5-11)6-12-13(18)16(14(19)21-12)8-10(17)7-15/h2-6,10,17H,7-8H2,1H3/b12-6+/t10-/m0/s1. The lowest BCUT2D eigenvalue weighted by Gasteiger charge is -2.15. The van der Waals surface area contributed by atoms with Gasteiger partial charge in [-0.05, 0) is 35.5 Å². The summed E-state index contributed by atoms with van der Waals surface area (Å²) >= 11 is 6.34. The molecule has 1 aromatic rings. The van der Waals surface area contributed by atoms with Crippen LogP contribution in [0.1, 0.15) is 5.56 Å². The number of benzene rings is 1. The van der Waals surface area contributed by atoms with Gasteiger partial charge >= 0.3 is 0 Å². The maximum absolute atomic E-state index is 12.1. The fraction of sp³-hybridized carbons (Fsp3) is 0.286. The summed E-state index contributed by atoms with van der Waals surface area (Å²) in [7, 11) is 1.57. The number of amides is 2. The summed E-state index contributed by atoms with van der Waals surface area (Å²) in [4.78, 5) is 25.3. The third-order valence-electron chi connectivity index (χ3n) is 2.86. The molecule has 1 fully saturated rings. The molecule has 0 unspecified atom stereocenters. The van der Waals surface area contributed by atoms with Gasteiger partial charge in [-0.3, -0.25) is 14.5 Å². The van der Waals surface area contributed by atoms with Gasteiger partial charge in [0.1, 0.15) is 5.75 Å². The number of halogens is 1. The highest BCUT2D eigenvalue weighted by atomic mass is 35.5. The molecule has 21 heavy (non-hydrogen) atoms. The molecule has 0 radical (unpaired) electrons. The number of methoxy groups -OCH3 is 1. The quantitative estimate of drug-likeness (QED) is 0.664. The molecule has 7 heteroatoms. The molecular formula is C14H14ClNO4S. The van der Waals surface area contributed by atoms with Crippen molar-refractivity contribution >= 4 is 40.6 Å². The van der Waals surface area contributed by atoms with Crippen LogP contribution >= 0.6 is 23.4 Å². The lowest BCUT2D eigenvalue weighted by atomic mass is 10.2. The second-order valence-electron chi connectivity index (χ2n) is 4.37. The van der Waals surface area contributed by atoms with Crippen molar-refractivity contribution in [1.82, 2.24) is 4.90 Å². The van der Waals surface area contributed by atoms with Crippen molar-refractivity contribution in [2.24, 2.45) is 0 Å². The summed E-state index contributed by atoms with van der Waals surface area (Å²) < 4.78 is 5.06. The monoisotopic (exact) mass is 327 g/mol. The number of hydrogen-bond acceptors (Lipinski definition) is 5. The molecule has 1 heterocycles. The zero-order valence-corrected chi connectivity index (χ0v) is 12.9. The Bertz CT molecular complexity index is 573. The molecule has 1 aromatic carbocycles. The molecule has 0 aromatic heterocycles. The summed E-state index contributed by atoms with van der Waals surface area (Å²) in [5, 5.41) is 9.07. The fourth-order valence-corrected chi connectivity index (χ4v) is 2.71. The first kappa shape index (κ1) is 15.9. The highest BCUT2D eigenvalue weighted by molar-refractivity contribution is 8.18. The molecule has 1 aliphatic heterocycles. The molecule has 0 aliphatic carbocycles. The Morgan fingerprint density at radius 2 is 2.05 bits per heavy atom. The Morgan fingerprint density at radius 1 is 1.38 bits per heavy atom. The van der Waals surface area contributed by atoms with Crippen molar-refractivity contribution in [1.29, 1.82) is 0 Å². The largest absolute Gasteiger partial charge is 0.497 e. The van der Waals surface area contributed by atoms with E-state index in [-0.39, 0.29) is 12.4 Å². The minimum Gasteiger partial charge on any atom is -0.497 e. The van der Waals surface area contributed by atoms with E-state index in [4.69, 9.17) is 16.3 Å². The molecule has 1 aliphatic rings. The summed E-state index contributed by atoms with van der Waals surface area (Å²) in [6.45, 7) is -0.0892. The van der Waals surface area contributed by atoms with Gasteiger partial charge in [-0.15, -0.1) is 11.6 Å². The number of thioether (sulfide) groups is 1. The van der Waals surface area contributed by atoms with Crippen LogP contribution < -0.4 is 4.74 Å². The molecule has 0 bridgehead atoms. The first-order chi connectivity index (χ1) is 10.0. The summed E-state index contributed by atoms with van der Waals surface area (Å²) in [5.74, 6) is 0.273. The van der Waals surface area contributed by atoms with E-state index in [0.29, 0.717) is 10.7 Å². The molecule has 2 rings (SSSR count). The smallest absolute Gasteiger partial charge is 0.293 e. The van der Waals surface area contributed by atoms with Crippen LogP contribution in [0.3, 0.4) is 0 Å². The van der Waals surface area contributed by atoms with Crippen LogP contribution in [-0.4, -0.2) is 46.8 Å². The number of aliphatic hydroxyl groups excluding tert-OH is 1. The van der Waals surface area contributed by atoms with Crippen molar-refractivity contribution in [2.75, 3.05) is 19.5 Å². The number of nitrogens with zero attached hydrogens (tertiary/aromatic N) is 1. The van der Waals surface area contributed by atoms with Crippen LogP contribution in [0.5, 0.6) is 5.75 Å². The third kappa shape index (κ3) is 3.78. The number of imide groups is 1. The number of aliphatic hydroxyl groups is 1. The Labute approximate surface area is 131 Å². The topological polar surface area (TPSA) is 66.8 Å². The van der Waals surface area contributed by atoms with E-state index in [1.807, 2.05) is 0 Å². The number of rotatable bonds is 5. The zero-order valence-electron chi connectivity index (χ0n) is 11.3. The molecule has 0 saturated carbocycles. The van der Waals surface area contributed by atoms with E-state index < -0.39 is 17.3 Å². The Hall–Kier alpha value is -1.50. The van der Waals surface area contributed by atoms with Crippen LogP contribution in [-0.2, 0) is 4.79 Å². The molecule has 1 atom stereocenters. The predicted molar refractivity (Wildman–Crippen MR) is 82.4 cm³/mol. The van der Waals surface area contributed by atoms with Gasteiger partial charge in [-0.2, -0.15) is 0 Å². The Morgan fingerprint density at radius 3 is 2.62 bits per heavy atom. The van der Waals surface area contributed by atoms with Crippen LogP contribution in [0.25, 0.3) is 6.08 Å². The van der Waals surface area contributed by atoms with E-state index in [1.165, 1.54) is 0 Å². The van der Waals surface area contributed by atoms with E-state index in [9.17, 15) is 14.7 Å². The predicted octanol–water partition coefficient (Wildman–Crippen LogP) is 2.33. The minimum absolute atomic E-state index is 0.0285. The first-order valence-corrected chi connectivity index (χ1v) is 7.53. The van der Waals surface area contributed by atoms with Gasteiger partial charge in [0, 0.05) is 0 Å². The molecule has 5 nitrogen and oxygen atoms in total. The zero-order chi connectivity index (χ0) is 15.4. The van der Waals surface area contributed by atoms with Gasteiger partial charge in [0.25, 0.3) is 11.1 Å². The highest BCUT2D eigenvalue weighted by Gasteiger charge is 2.35. The Balaban J connectivity index is 2.15. The first-order valence-electron chi connectivity index (χ1n) is 6.18. The molecule has 112 valence electrons. The average molecular weight is 328 g/mol. The van der Waals surface area contributed by atoms with E-state index in [2.05, 4.69) is 0 Å². The Kier molecular flexibility index (Phi) is 5.27. The fourth-order valence-electron chi connectivity index (χ4n) is 1.77. The average Bonchev–Trinajstić information content (AvgIpc) is 2.75. The van der Waals surface area contributed by atoms with Crippen molar-refractivity contribution in [2.45, 2.75) is 6.10 Å². The number of ether oxygens (including phenoxy) is 1. The number of β-amino-alcohol motifs (C(OH)–C–C–N with tert-alkyl or cyclic N) is 1.